The molecular weight excluding hydrogens is 268 g/mol. The van der Waals surface area contributed by atoms with Gasteiger partial charge in [0.1, 0.15) is 13.2 Å². The Hall–Kier alpha value is -1.94. The Bertz CT molecular complexity index is 404. The first-order valence-electron chi connectivity index (χ1n) is 6.89. The van der Waals surface area contributed by atoms with Gasteiger partial charge in [0.15, 0.2) is 0 Å². The quantitative estimate of drug-likeness (QED) is 0.509. The smallest absolute Gasteiger partial charge is 0.305 e. The minimum absolute atomic E-state index is 0.161. The van der Waals surface area contributed by atoms with Gasteiger partial charge in [0.25, 0.3) is 0 Å². The highest BCUT2D eigenvalue weighted by Gasteiger charge is 2.18. The first-order valence-corrected chi connectivity index (χ1v) is 6.89. The van der Waals surface area contributed by atoms with Gasteiger partial charge in [-0.25, -0.2) is 0 Å². The molecule has 0 saturated heterocycles. The minimum Gasteiger partial charge on any atom is -0.464 e. The molecule has 0 aromatic heterocycles. The van der Waals surface area contributed by atoms with Gasteiger partial charge in [-0.1, -0.05) is 11.8 Å². The second kappa shape index (κ2) is 8.37. The summed E-state index contributed by atoms with van der Waals surface area (Å²) < 4.78 is 10.1. The zero-order valence-corrected chi connectivity index (χ0v) is 13.3. The molecule has 0 aliphatic heterocycles. The lowest BCUT2D eigenvalue weighted by molar-refractivity contribution is -0.147. The highest BCUT2D eigenvalue weighted by atomic mass is 16.5. The standard InChI is InChI=1S/C17H24O4/c1-7-16(3,4)12-20-14(18)10-9-11-15(19)21-13-17(5,6)8-2/h1-2H,9-13H2,3-6H3. The predicted molar refractivity (Wildman–Crippen MR) is 81.0 cm³/mol. The molecule has 0 bridgehead atoms. The van der Waals surface area contributed by atoms with Crippen molar-refractivity contribution in [1.29, 1.82) is 0 Å². The summed E-state index contributed by atoms with van der Waals surface area (Å²) in [6.45, 7) is 7.58. The number of rotatable bonds is 8. The van der Waals surface area contributed by atoms with Gasteiger partial charge in [0, 0.05) is 12.8 Å². The highest BCUT2D eigenvalue weighted by molar-refractivity contribution is 5.72. The van der Waals surface area contributed by atoms with Crippen LogP contribution < -0.4 is 0 Å². The fourth-order valence-corrected chi connectivity index (χ4v) is 1.13. The molecule has 0 aliphatic carbocycles. The van der Waals surface area contributed by atoms with Crippen LogP contribution in [0, 0.1) is 35.5 Å². The Morgan fingerprint density at radius 1 is 0.857 bits per heavy atom. The van der Waals surface area contributed by atoms with E-state index in [9.17, 15) is 9.59 Å². The molecule has 0 aromatic rings. The van der Waals surface area contributed by atoms with Crippen molar-refractivity contribution in [3.63, 3.8) is 0 Å². The number of carbonyl (C=O) groups excluding carboxylic acids is 2. The largest absolute Gasteiger partial charge is 0.464 e. The van der Waals surface area contributed by atoms with Crippen LogP contribution in [0.1, 0.15) is 47.0 Å². The molecule has 0 amide bonds. The molecule has 0 aliphatic rings. The van der Waals surface area contributed by atoms with Crippen LogP contribution in [0.5, 0.6) is 0 Å². The van der Waals surface area contributed by atoms with Crippen LogP contribution in [-0.4, -0.2) is 25.2 Å². The number of esters is 2. The molecule has 0 fully saturated rings. The van der Waals surface area contributed by atoms with Gasteiger partial charge in [-0.2, -0.15) is 0 Å². The van der Waals surface area contributed by atoms with E-state index in [1.165, 1.54) is 0 Å². The number of ether oxygens (including phenoxy) is 2. The van der Waals surface area contributed by atoms with E-state index in [1.54, 1.807) is 0 Å². The number of terminal acetylenes is 2. The molecule has 0 rings (SSSR count). The Morgan fingerprint density at radius 2 is 1.19 bits per heavy atom. The lowest BCUT2D eigenvalue weighted by Gasteiger charge is -2.17. The molecule has 0 spiro atoms. The van der Waals surface area contributed by atoms with Gasteiger partial charge in [0.2, 0.25) is 0 Å². The van der Waals surface area contributed by atoms with Crippen molar-refractivity contribution >= 4 is 11.9 Å². The Labute approximate surface area is 127 Å². The summed E-state index contributed by atoms with van der Waals surface area (Å²) in [6, 6.07) is 0. The van der Waals surface area contributed by atoms with Crippen molar-refractivity contribution in [3.05, 3.63) is 0 Å². The average Bonchev–Trinajstić information content (AvgIpc) is 2.43. The lowest BCUT2D eigenvalue weighted by atomic mass is 9.97. The summed E-state index contributed by atoms with van der Waals surface area (Å²) in [6.07, 6.45) is 11.3. The van der Waals surface area contributed by atoms with Gasteiger partial charge >= 0.3 is 11.9 Å². The van der Waals surface area contributed by atoms with Crippen LogP contribution in [0.3, 0.4) is 0 Å². The number of hydrogen-bond acceptors (Lipinski definition) is 4. The van der Waals surface area contributed by atoms with Crippen molar-refractivity contribution in [2.45, 2.75) is 47.0 Å². The van der Waals surface area contributed by atoms with Crippen molar-refractivity contribution in [3.8, 4) is 24.7 Å². The number of carbonyl (C=O) groups is 2. The summed E-state index contributed by atoms with van der Waals surface area (Å²) in [5, 5.41) is 0. The first kappa shape index (κ1) is 19.1. The number of hydrogen-bond donors (Lipinski definition) is 0. The van der Waals surface area contributed by atoms with Crippen LogP contribution in [0.15, 0.2) is 0 Å². The van der Waals surface area contributed by atoms with Crippen molar-refractivity contribution in [1.82, 2.24) is 0 Å². The molecule has 4 heteroatoms. The van der Waals surface area contributed by atoms with Gasteiger partial charge in [0.05, 0.1) is 10.8 Å². The van der Waals surface area contributed by atoms with Crippen LogP contribution in [0.2, 0.25) is 0 Å². The second-order valence-electron chi connectivity index (χ2n) is 6.23. The molecular formula is C17H24O4. The fourth-order valence-electron chi connectivity index (χ4n) is 1.13. The maximum Gasteiger partial charge on any atom is 0.305 e. The first-order chi connectivity index (χ1) is 9.62. The summed E-state index contributed by atoms with van der Waals surface area (Å²) in [5.41, 5.74) is -0.954. The third-order valence-electron chi connectivity index (χ3n) is 2.73. The molecule has 0 atom stereocenters. The van der Waals surface area contributed by atoms with Gasteiger partial charge in [-0.05, 0) is 34.1 Å². The minimum atomic E-state index is -0.477. The molecule has 4 nitrogen and oxygen atoms in total. The van der Waals surface area contributed by atoms with E-state index < -0.39 is 10.8 Å². The van der Waals surface area contributed by atoms with E-state index in [1.807, 2.05) is 27.7 Å². The van der Waals surface area contributed by atoms with Crippen molar-refractivity contribution in [2.24, 2.45) is 10.8 Å². The van der Waals surface area contributed by atoms with Gasteiger partial charge in [-0.15, -0.1) is 12.8 Å². The van der Waals surface area contributed by atoms with E-state index >= 15 is 0 Å². The molecule has 0 heterocycles. The van der Waals surface area contributed by atoms with E-state index in [0.29, 0.717) is 6.42 Å². The Balaban J connectivity index is 3.85. The van der Waals surface area contributed by atoms with Crippen molar-refractivity contribution < 1.29 is 19.1 Å². The van der Waals surface area contributed by atoms with Gasteiger partial charge in [-0.3, -0.25) is 9.59 Å². The molecule has 21 heavy (non-hydrogen) atoms. The highest BCUT2D eigenvalue weighted by Crippen LogP contribution is 2.15. The maximum absolute atomic E-state index is 11.5. The van der Waals surface area contributed by atoms with Crippen LogP contribution >= 0.6 is 0 Å². The fraction of sp³-hybridized carbons (Fsp3) is 0.647. The third kappa shape index (κ3) is 9.57. The summed E-state index contributed by atoms with van der Waals surface area (Å²) in [4.78, 5) is 23.0. The summed E-state index contributed by atoms with van der Waals surface area (Å²) in [5.74, 6) is 4.35. The summed E-state index contributed by atoms with van der Waals surface area (Å²) in [7, 11) is 0. The van der Waals surface area contributed by atoms with Crippen LogP contribution in [0.25, 0.3) is 0 Å². The Morgan fingerprint density at radius 3 is 1.48 bits per heavy atom. The van der Waals surface area contributed by atoms with E-state index in [2.05, 4.69) is 11.8 Å². The lowest BCUT2D eigenvalue weighted by Crippen LogP contribution is -2.21. The molecule has 0 saturated carbocycles. The van der Waals surface area contributed by atoms with Gasteiger partial charge < -0.3 is 9.47 Å². The maximum atomic E-state index is 11.5. The topological polar surface area (TPSA) is 52.6 Å². The van der Waals surface area contributed by atoms with E-state index in [0.717, 1.165) is 0 Å². The molecule has 0 aromatic carbocycles. The zero-order chi connectivity index (χ0) is 16.5. The molecule has 116 valence electrons. The molecule has 0 unspecified atom stereocenters. The second-order valence-corrected chi connectivity index (χ2v) is 6.23. The zero-order valence-electron chi connectivity index (χ0n) is 13.3. The van der Waals surface area contributed by atoms with E-state index in [4.69, 9.17) is 22.3 Å². The monoisotopic (exact) mass is 292 g/mol. The normalized spacial score (nSPS) is 11.1. The van der Waals surface area contributed by atoms with Crippen LogP contribution in [-0.2, 0) is 19.1 Å². The Kier molecular flexibility index (Phi) is 7.60. The average molecular weight is 292 g/mol. The van der Waals surface area contributed by atoms with Crippen molar-refractivity contribution in [2.75, 3.05) is 13.2 Å². The predicted octanol–water partition coefficient (Wildman–Crippen LogP) is 2.56. The van der Waals surface area contributed by atoms with E-state index in [-0.39, 0.29) is 38.0 Å². The third-order valence-corrected chi connectivity index (χ3v) is 2.73. The molecule has 0 N–H and O–H groups in total. The summed E-state index contributed by atoms with van der Waals surface area (Å²) >= 11 is 0. The van der Waals surface area contributed by atoms with Crippen LogP contribution in [0.4, 0.5) is 0 Å². The molecule has 0 radical (unpaired) electrons. The SMILES string of the molecule is C#CC(C)(C)COC(=O)CCCC(=O)OCC(C)(C)C#C.